The average molecular weight is 625 g/mol. The highest BCUT2D eigenvalue weighted by atomic mass is 16.2. The van der Waals surface area contributed by atoms with Crippen LogP contribution in [0.1, 0.15) is 64.7 Å². The number of carbonyl (C=O) groups excluding carboxylic acids is 4. The molecule has 0 radical (unpaired) electrons. The number of carbonyl (C=O) groups is 4. The molecule has 4 aromatic rings. The van der Waals surface area contributed by atoms with Gasteiger partial charge in [-0.25, -0.2) is 4.68 Å². The minimum absolute atomic E-state index is 0.108. The predicted molar refractivity (Wildman–Crippen MR) is 172 cm³/mol. The van der Waals surface area contributed by atoms with Gasteiger partial charge in [-0.15, -0.1) is 5.10 Å². The number of aromatic amines is 1. The lowest BCUT2D eigenvalue weighted by molar-refractivity contribution is -0.134. The first-order valence-electron chi connectivity index (χ1n) is 15.7. The zero-order valence-electron chi connectivity index (χ0n) is 26.8. The van der Waals surface area contributed by atoms with Crippen molar-refractivity contribution >= 4 is 34.5 Å². The van der Waals surface area contributed by atoms with Crippen LogP contribution in [0, 0.1) is 26.7 Å². The van der Waals surface area contributed by atoms with E-state index in [1.807, 2.05) is 65.0 Å². The Bertz CT molecular complexity index is 1810. The highest BCUT2D eigenvalue weighted by molar-refractivity contribution is 6.04. The molecule has 2 aromatic carbocycles. The van der Waals surface area contributed by atoms with E-state index in [1.54, 1.807) is 15.8 Å². The third-order valence-electron chi connectivity index (χ3n) is 9.10. The van der Waals surface area contributed by atoms with Gasteiger partial charge in [0.05, 0.1) is 18.8 Å². The third kappa shape index (κ3) is 5.99. The van der Waals surface area contributed by atoms with Crippen molar-refractivity contribution in [2.75, 3.05) is 6.54 Å². The van der Waals surface area contributed by atoms with E-state index in [-0.39, 0.29) is 49.7 Å². The maximum atomic E-state index is 14.2. The molecule has 12 nitrogen and oxygen atoms in total. The number of aromatic nitrogens is 4. The van der Waals surface area contributed by atoms with Crippen molar-refractivity contribution in [2.24, 2.45) is 5.92 Å². The molecule has 4 amide bonds. The summed E-state index contributed by atoms with van der Waals surface area (Å²) in [6.45, 7) is 9.93. The van der Waals surface area contributed by atoms with Crippen molar-refractivity contribution in [1.82, 2.24) is 40.8 Å². The van der Waals surface area contributed by atoms with Crippen LogP contribution in [-0.2, 0) is 27.3 Å². The summed E-state index contributed by atoms with van der Waals surface area (Å²) in [5, 5.41) is 18.2. The zero-order valence-corrected chi connectivity index (χ0v) is 26.8. The molecule has 4 N–H and O–H groups in total. The van der Waals surface area contributed by atoms with Gasteiger partial charge in [0.25, 0.3) is 5.91 Å². The van der Waals surface area contributed by atoms with Crippen LogP contribution in [0.5, 0.6) is 0 Å². The minimum atomic E-state index is -0.933. The molecule has 0 aliphatic carbocycles. The molecule has 4 heterocycles. The van der Waals surface area contributed by atoms with Crippen molar-refractivity contribution in [3.05, 3.63) is 82.3 Å². The van der Waals surface area contributed by atoms with Gasteiger partial charge in [-0.05, 0) is 49.4 Å². The molecule has 6 rings (SSSR count). The topological polar surface area (TPSA) is 154 Å². The summed E-state index contributed by atoms with van der Waals surface area (Å²) in [5.41, 5.74) is 5.67. The molecule has 2 aromatic heterocycles. The molecular formula is C34H40N8O4. The molecule has 1 saturated heterocycles. The number of amides is 4. The summed E-state index contributed by atoms with van der Waals surface area (Å²) in [4.78, 5) is 60.3. The Labute approximate surface area is 267 Å². The summed E-state index contributed by atoms with van der Waals surface area (Å²) in [7, 11) is 0. The maximum absolute atomic E-state index is 14.2. The van der Waals surface area contributed by atoms with E-state index in [1.165, 1.54) is 0 Å². The highest BCUT2D eigenvalue weighted by Crippen LogP contribution is 2.32. The number of fused-ring (bicyclic) bond motifs is 6. The van der Waals surface area contributed by atoms with Crippen LogP contribution in [0.4, 0.5) is 0 Å². The lowest BCUT2D eigenvalue weighted by Gasteiger charge is -2.29. The summed E-state index contributed by atoms with van der Waals surface area (Å²) in [6.07, 6.45) is 2.28. The highest BCUT2D eigenvalue weighted by Gasteiger charge is 2.43. The smallest absolute Gasteiger partial charge is 0.271 e. The molecule has 0 unspecified atom stereocenters. The molecule has 0 spiro atoms. The van der Waals surface area contributed by atoms with Gasteiger partial charge < -0.3 is 25.8 Å². The standard InChI is InChI=1S/C34H40N8O4/c1-18(2)28-33(45)36-26(13-22-9-7-6-8-10-22)31(43)35-15-23-16-42(40-39-23)24-14-27(32(44)38-28)41(17-24)34(46)30-21(5)25-12-19(3)11-20(4)29(25)37-30/h6-12,16,18,24,26-28,37H,13-15,17H2,1-5H3,(H,35,43)(H,36,45)(H,38,44)/t24-,26+,27-,28-/m0/s1. The van der Waals surface area contributed by atoms with Crippen LogP contribution in [0.2, 0.25) is 0 Å². The molecule has 2 aliphatic rings. The maximum Gasteiger partial charge on any atom is 0.271 e. The number of benzene rings is 2. The Balaban J connectivity index is 1.35. The first-order chi connectivity index (χ1) is 22.0. The van der Waals surface area contributed by atoms with Gasteiger partial charge in [0, 0.05) is 30.3 Å². The SMILES string of the molecule is Cc1cc(C)c2[nH]c(C(=O)N3C[C@@H]4C[C@H]3C(=O)N[C@@H](C(C)C)C(=O)N[C@H](Cc3ccccc3)C(=O)NCc3cn4nn3)c(C)c2c1. The van der Waals surface area contributed by atoms with Crippen LogP contribution >= 0.6 is 0 Å². The summed E-state index contributed by atoms with van der Waals surface area (Å²) in [5.74, 6) is -1.86. The lowest BCUT2D eigenvalue weighted by Crippen LogP contribution is -2.58. The Morgan fingerprint density at radius 2 is 1.76 bits per heavy atom. The number of hydrogen-bond donors (Lipinski definition) is 4. The van der Waals surface area contributed by atoms with Crippen LogP contribution in [0.3, 0.4) is 0 Å². The predicted octanol–water partition coefficient (Wildman–Crippen LogP) is 2.64. The Morgan fingerprint density at radius 1 is 1.00 bits per heavy atom. The number of H-pyrrole nitrogens is 1. The van der Waals surface area contributed by atoms with Crippen molar-refractivity contribution in [3.8, 4) is 0 Å². The van der Waals surface area contributed by atoms with E-state index in [9.17, 15) is 19.2 Å². The number of hydrogen-bond acceptors (Lipinski definition) is 6. The quantitative estimate of drug-likeness (QED) is 0.274. The molecule has 12 heteroatoms. The Morgan fingerprint density at radius 3 is 2.50 bits per heavy atom. The lowest BCUT2D eigenvalue weighted by atomic mass is 10.00. The van der Waals surface area contributed by atoms with E-state index in [2.05, 4.69) is 43.4 Å². The van der Waals surface area contributed by atoms with Crippen LogP contribution in [0.15, 0.2) is 48.7 Å². The second kappa shape index (κ2) is 12.4. The Hall–Kier alpha value is -5.00. The number of aryl methyl sites for hydroxylation is 3. The van der Waals surface area contributed by atoms with E-state index in [0.717, 1.165) is 33.2 Å². The molecular weight excluding hydrogens is 584 g/mol. The van der Waals surface area contributed by atoms with Crippen molar-refractivity contribution in [1.29, 1.82) is 0 Å². The van der Waals surface area contributed by atoms with Crippen molar-refractivity contribution in [3.63, 3.8) is 0 Å². The fourth-order valence-corrected chi connectivity index (χ4v) is 6.60. The molecule has 240 valence electrons. The number of rotatable bonds is 4. The molecule has 1 fully saturated rings. The molecule has 0 saturated carbocycles. The van der Waals surface area contributed by atoms with E-state index >= 15 is 0 Å². The Kier molecular flexibility index (Phi) is 8.37. The number of nitrogens with one attached hydrogen (secondary N) is 4. The summed E-state index contributed by atoms with van der Waals surface area (Å²) in [6, 6.07) is 10.5. The average Bonchev–Trinajstić information content (AvgIpc) is 3.76. The second-order valence-electron chi connectivity index (χ2n) is 12.9. The van der Waals surface area contributed by atoms with Gasteiger partial charge in [0.15, 0.2) is 0 Å². The normalized spacial score (nSPS) is 22.3. The minimum Gasteiger partial charge on any atom is -0.350 e. The number of nitrogens with zero attached hydrogens (tertiary/aromatic N) is 4. The van der Waals surface area contributed by atoms with Crippen molar-refractivity contribution < 1.29 is 19.2 Å². The zero-order chi connectivity index (χ0) is 32.7. The molecule has 2 aliphatic heterocycles. The third-order valence-corrected chi connectivity index (χ3v) is 9.10. The van der Waals surface area contributed by atoms with Gasteiger partial charge in [-0.3, -0.25) is 19.2 Å². The summed E-state index contributed by atoms with van der Waals surface area (Å²) >= 11 is 0. The fraction of sp³-hybridized carbons (Fsp3) is 0.412. The van der Waals surface area contributed by atoms with Crippen LogP contribution in [-0.4, -0.2) is 73.2 Å². The second-order valence-corrected chi connectivity index (χ2v) is 12.9. The van der Waals surface area contributed by atoms with Gasteiger partial charge >= 0.3 is 0 Å². The van der Waals surface area contributed by atoms with E-state index in [0.29, 0.717) is 11.4 Å². The largest absolute Gasteiger partial charge is 0.350 e. The van der Waals surface area contributed by atoms with Crippen molar-refractivity contribution in [2.45, 2.75) is 78.2 Å². The van der Waals surface area contributed by atoms with Gasteiger partial charge in [-0.1, -0.05) is 61.0 Å². The molecule has 4 atom stereocenters. The number of likely N-dealkylation sites (tertiary alicyclic amines) is 1. The summed E-state index contributed by atoms with van der Waals surface area (Å²) < 4.78 is 1.66. The first-order valence-corrected chi connectivity index (χ1v) is 15.7. The van der Waals surface area contributed by atoms with Crippen LogP contribution < -0.4 is 16.0 Å². The van der Waals surface area contributed by atoms with Gasteiger partial charge in [-0.2, -0.15) is 0 Å². The molecule has 46 heavy (non-hydrogen) atoms. The fourth-order valence-electron chi connectivity index (χ4n) is 6.60. The van der Waals surface area contributed by atoms with E-state index < -0.39 is 29.9 Å². The first kappa shape index (κ1) is 31.0. The van der Waals surface area contributed by atoms with E-state index in [4.69, 9.17) is 0 Å². The monoisotopic (exact) mass is 624 g/mol. The molecule has 4 bridgehead atoms. The van der Waals surface area contributed by atoms with Gasteiger partial charge in [0.1, 0.15) is 29.5 Å². The van der Waals surface area contributed by atoms with Crippen LogP contribution in [0.25, 0.3) is 10.9 Å². The van der Waals surface area contributed by atoms with Gasteiger partial charge in [0.2, 0.25) is 17.7 Å².